The Kier molecular flexibility index (Phi) is 3.79. The number of benzene rings is 1. The molecule has 0 unspecified atom stereocenters. The number of hydrogen-bond acceptors (Lipinski definition) is 4. The van der Waals surface area contributed by atoms with Crippen molar-refractivity contribution in [3.8, 4) is 5.75 Å². The van der Waals surface area contributed by atoms with Crippen LogP contribution in [0.3, 0.4) is 0 Å². The standard InChI is InChI=1S/C9H6F2O3S/c10-9(11)14-7-2-1-5(3-12)6(4-13)8(7)15/h1-4,9,15H. The van der Waals surface area contributed by atoms with E-state index < -0.39 is 6.61 Å². The van der Waals surface area contributed by atoms with Crippen LogP contribution in [0.15, 0.2) is 17.0 Å². The maximum atomic E-state index is 11.9. The molecule has 0 aliphatic carbocycles. The summed E-state index contributed by atoms with van der Waals surface area (Å²) in [4.78, 5) is 21.0. The number of ether oxygens (including phenoxy) is 1. The minimum Gasteiger partial charge on any atom is -0.434 e. The van der Waals surface area contributed by atoms with E-state index in [4.69, 9.17) is 0 Å². The third-order valence-corrected chi connectivity index (χ3v) is 2.14. The van der Waals surface area contributed by atoms with Crippen molar-refractivity contribution in [2.24, 2.45) is 0 Å². The second-order valence-electron chi connectivity index (χ2n) is 2.53. The molecule has 0 spiro atoms. The quantitative estimate of drug-likeness (QED) is 0.639. The van der Waals surface area contributed by atoms with Gasteiger partial charge in [-0.3, -0.25) is 9.59 Å². The Morgan fingerprint density at radius 3 is 2.40 bits per heavy atom. The number of rotatable bonds is 4. The Labute approximate surface area is 89.4 Å². The van der Waals surface area contributed by atoms with Gasteiger partial charge in [-0.1, -0.05) is 0 Å². The molecule has 0 N–H and O–H groups in total. The van der Waals surface area contributed by atoms with Gasteiger partial charge in [0, 0.05) is 11.1 Å². The van der Waals surface area contributed by atoms with E-state index in [0.717, 1.165) is 6.07 Å². The highest BCUT2D eigenvalue weighted by atomic mass is 32.1. The predicted octanol–water partition coefficient (Wildman–Crippen LogP) is 2.20. The summed E-state index contributed by atoms with van der Waals surface area (Å²) in [5.41, 5.74) is 0.0168. The molecule has 0 aliphatic rings. The number of halogens is 2. The van der Waals surface area contributed by atoms with E-state index in [-0.39, 0.29) is 21.8 Å². The van der Waals surface area contributed by atoms with Gasteiger partial charge in [0.15, 0.2) is 12.6 Å². The molecule has 1 aromatic rings. The van der Waals surface area contributed by atoms with Crippen LogP contribution < -0.4 is 4.74 Å². The number of aldehydes is 2. The SMILES string of the molecule is O=Cc1ccc(OC(F)F)c(S)c1C=O. The van der Waals surface area contributed by atoms with Crippen LogP contribution in [-0.2, 0) is 0 Å². The minimum absolute atomic E-state index is 0.0634. The summed E-state index contributed by atoms with van der Waals surface area (Å²) < 4.78 is 27.9. The third kappa shape index (κ3) is 2.53. The lowest BCUT2D eigenvalue weighted by molar-refractivity contribution is -0.0516. The van der Waals surface area contributed by atoms with Crippen LogP contribution in [0, 0.1) is 0 Å². The first-order valence-electron chi connectivity index (χ1n) is 3.81. The van der Waals surface area contributed by atoms with Crippen LogP contribution in [0.2, 0.25) is 0 Å². The molecule has 0 saturated heterocycles. The average Bonchev–Trinajstić information content (AvgIpc) is 2.20. The van der Waals surface area contributed by atoms with Gasteiger partial charge in [0.2, 0.25) is 0 Å². The molecule has 1 aromatic carbocycles. The van der Waals surface area contributed by atoms with Crippen molar-refractivity contribution >= 4 is 25.2 Å². The first-order chi connectivity index (χ1) is 7.10. The van der Waals surface area contributed by atoms with Gasteiger partial charge in [0.25, 0.3) is 0 Å². The zero-order chi connectivity index (χ0) is 11.4. The van der Waals surface area contributed by atoms with Gasteiger partial charge in [0.1, 0.15) is 5.75 Å². The smallest absolute Gasteiger partial charge is 0.387 e. The Bertz CT molecular complexity index is 393. The van der Waals surface area contributed by atoms with Gasteiger partial charge in [-0.25, -0.2) is 0 Å². The van der Waals surface area contributed by atoms with Crippen LogP contribution in [-0.4, -0.2) is 19.2 Å². The Balaban J connectivity index is 3.22. The normalized spacial score (nSPS) is 10.1. The van der Waals surface area contributed by atoms with Crippen molar-refractivity contribution in [3.63, 3.8) is 0 Å². The van der Waals surface area contributed by atoms with Crippen molar-refractivity contribution in [1.82, 2.24) is 0 Å². The summed E-state index contributed by atoms with van der Waals surface area (Å²) >= 11 is 3.84. The van der Waals surface area contributed by atoms with Crippen LogP contribution in [0.5, 0.6) is 5.75 Å². The van der Waals surface area contributed by atoms with Crippen LogP contribution >= 0.6 is 12.6 Å². The Hall–Kier alpha value is -1.43. The van der Waals surface area contributed by atoms with E-state index in [0.29, 0.717) is 12.6 Å². The van der Waals surface area contributed by atoms with Gasteiger partial charge in [-0.05, 0) is 12.1 Å². The maximum Gasteiger partial charge on any atom is 0.387 e. The van der Waals surface area contributed by atoms with Crippen LogP contribution in [0.4, 0.5) is 8.78 Å². The summed E-state index contributed by atoms with van der Waals surface area (Å²) in [6.45, 7) is -3.00. The molecular weight excluding hydrogens is 226 g/mol. The first kappa shape index (κ1) is 11.6. The molecule has 0 amide bonds. The van der Waals surface area contributed by atoms with Crippen LogP contribution in [0.25, 0.3) is 0 Å². The number of alkyl halides is 2. The van der Waals surface area contributed by atoms with Crippen molar-refractivity contribution in [1.29, 1.82) is 0 Å². The first-order valence-corrected chi connectivity index (χ1v) is 4.26. The fourth-order valence-electron chi connectivity index (χ4n) is 1.02. The number of thiol groups is 1. The van der Waals surface area contributed by atoms with Crippen molar-refractivity contribution in [2.45, 2.75) is 11.5 Å². The molecule has 0 heterocycles. The fourth-order valence-corrected chi connectivity index (χ4v) is 1.33. The number of hydrogen-bond donors (Lipinski definition) is 1. The zero-order valence-corrected chi connectivity index (χ0v) is 8.21. The average molecular weight is 232 g/mol. The van der Waals surface area contributed by atoms with E-state index in [1.165, 1.54) is 6.07 Å². The molecule has 80 valence electrons. The monoisotopic (exact) mass is 232 g/mol. The van der Waals surface area contributed by atoms with Gasteiger partial charge >= 0.3 is 6.61 Å². The zero-order valence-electron chi connectivity index (χ0n) is 7.31. The van der Waals surface area contributed by atoms with Gasteiger partial charge < -0.3 is 4.74 Å². The van der Waals surface area contributed by atoms with E-state index in [1.54, 1.807) is 0 Å². The summed E-state index contributed by atoms with van der Waals surface area (Å²) in [6.07, 6.45) is 0.806. The molecule has 0 radical (unpaired) electrons. The van der Waals surface area contributed by atoms with E-state index in [1.807, 2.05) is 0 Å². The third-order valence-electron chi connectivity index (χ3n) is 1.67. The minimum atomic E-state index is -3.00. The highest BCUT2D eigenvalue weighted by molar-refractivity contribution is 7.80. The molecule has 0 fully saturated rings. The van der Waals surface area contributed by atoms with Gasteiger partial charge in [-0.15, -0.1) is 12.6 Å². The van der Waals surface area contributed by atoms with E-state index in [9.17, 15) is 18.4 Å². The topological polar surface area (TPSA) is 43.4 Å². The molecule has 6 heteroatoms. The van der Waals surface area contributed by atoms with E-state index in [2.05, 4.69) is 17.4 Å². The van der Waals surface area contributed by atoms with Gasteiger partial charge in [-0.2, -0.15) is 8.78 Å². The fraction of sp³-hybridized carbons (Fsp3) is 0.111. The summed E-state index contributed by atoms with van der Waals surface area (Å²) in [7, 11) is 0. The lowest BCUT2D eigenvalue weighted by Gasteiger charge is -2.09. The van der Waals surface area contributed by atoms with E-state index >= 15 is 0 Å². The highest BCUT2D eigenvalue weighted by Crippen LogP contribution is 2.28. The molecule has 0 bridgehead atoms. The molecule has 1 rings (SSSR count). The number of carbonyl (C=O) groups is 2. The summed E-state index contributed by atoms with van der Waals surface area (Å²) in [5.74, 6) is -0.235. The molecule has 0 atom stereocenters. The van der Waals surface area contributed by atoms with Crippen molar-refractivity contribution in [3.05, 3.63) is 23.3 Å². The molecule has 0 aromatic heterocycles. The molecule has 0 saturated carbocycles. The number of carbonyl (C=O) groups excluding carboxylic acids is 2. The molecule has 15 heavy (non-hydrogen) atoms. The second kappa shape index (κ2) is 4.88. The lowest BCUT2D eigenvalue weighted by Crippen LogP contribution is -2.04. The second-order valence-corrected chi connectivity index (χ2v) is 2.98. The van der Waals surface area contributed by atoms with Crippen molar-refractivity contribution < 1.29 is 23.1 Å². The highest BCUT2D eigenvalue weighted by Gasteiger charge is 2.13. The maximum absolute atomic E-state index is 11.9. The molecule has 0 aliphatic heterocycles. The molecule has 3 nitrogen and oxygen atoms in total. The van der Waals surface area contributed by atoms with Crippen molar-refractivity contribution in [2.75, 3.05) is 0 Å². The predicted molar refractivity (Wildman–Crippen MR) is 51.1 cm³/mol. The Morgan fingerprint density at radius 1 is 1.27 bits per heavy atom. The molecular formula is C9H6F2O3S. The largest absolute Gasteiger partial charge is 0.434 e. The van der Waals surface area contributed by atoms with Crippen LogP contribution in [0.1, 0.15) is 20.7 Å². The summed E-state index contributed by atoms with van der Waals surface area (Å²) in [6, 6.07) is 2.37. The lowest BCUT2D eigenvalue weighted by atomic mass is 10.1. The summed E-state index contributed by atoms with van der Waals surface area (Å²) in [5, 5.41) is 0. The van der Waals surface area contributed by atoms with Gasteiger partial charge in [0.05, 0.1) is 4.90 Å². The Morgan fingerprint density at radius 2 is 1.93 bits per heavy atom.